The second-order valence-corrected chi connectivity index (χ2v) is 4.56. The molecule has 0 unspecified atom stereocenters. The fourth-order valence-electron chi connectivity index (χ4n) is 1.67. The van der Waals surface area contributed by atoms with Gasteiger partial charge in [-0.3, -0.25) is 0 Å². The van der Waals surface area contributed by atoms with Crippen LogP contribution in [0.4, 0.5) is 5.82 Å². The summed E-state index contributed by atoms with van der Waals surface area (Å²) in [5.41, 5.74) is 7.67. The van der Waals surface area contributed by atoms with Gasteiger partial charge in [-0.15, -0.1) is 11.3 Å². The van der Waals surface area contributed by atoms with Crippen LogP contribution in [0.25, 0.3) is 5.65 Å². The first-order chi connectivity index (χ1) is 7.83. The Balaban J connectivity index is 2.04. The van der Waals surface area contributed by atoms with Gasteiger partial charge in [-0.25, -0.2) is 4.98 Å². The predicted molar refractivity (Wildman–Crippen MR) is 64.5 cm³/mol. The van der Waals surface area contributed by atoms with Gasteiger partial charge in [0.15, 0.2) is 5.65 Å². The standard InChI is InChI=1S/C11H10N4S/c12-10-7-8(6-9-2-1-5-16-9)14-11-3-4-13-15(10)11/h1-5,7H,6,12H2. The van der Waals surface area contributed by atoms with E-state index in [4.69, 9.17) is 5.73 Å². The SMILES string of the molecule is Nc1cc(Cc2cccs2)nc2ccnn12. The van der Waals surface area contributed by atoms with Gasteiger partial charge >= 0.3 is 0 Å². The molecular weight excluding hydrogens is 220 g/mol. The van der Waals surface area contributed by atoms with Gasteiger partial charge in [-0.1, -0.05) is 6.07 Å². The summed E-state index contributed by atoms with van der Waals surface area (Å²) < 4.78 is 1.64. The van der Waals surface area contributed by atoms with E-state index in [1.54, 1.807) is 22.0 Å². The van der Waals surface area contributed by atoms with Crippen LogP contribution in [0, 0.1) is 0 Å². The van der Waals surface area contributed by atoms with E-state index in [0.717, 1.165) is 17.8 Å². The molecule has 0 saturated heterocycles. The molecule has 0 fully saturated rings. The number of rotatable bonds is 2. The maximum Gasteiger partial charge on any atom is 0.157 e. The highest BCUT2D eigenvalue weighted by Crippen LogP contribution is 2.16. The van der Waals surface area contributed by atoms with Gasteiger partial charge in [0.25, 0.3) is 0 Å². The van der Waals surface area contributed by atoms with Gasteiger partial charge in [0.1, 0.15) is 5.82 Å². The summed E-state index contributed by atoms with van der Waals surface area (Å²) in [7, 11) is 0. The molecule has 0 radical (unpaired) electrons. The largest absolute Gasteiger partial charge is 0.384 e. The van der Waals surface area contributed by atoms with Crippen molar-refractivity contribution < 1.29 is 0 Å². The molecule has 4 nitrogen and oxygen atoms in total. The number of nitrogen functional groups attached to an aromatic ring is 1. The first-order valence-corrected chi connectivity index (χ1v) is 5.82. The lowest BCUT2D eigenvalue weighted by atomic mass is 10.2. The monoisotopic (exact) mass is 230 g/mol. The third kappa shape index (κ3) is 1.55. The first-order valence-electron chi connectivity index (χ1n) is 4.94. The molecule has 0 aliphatic heterocycles. The van der Waals surface area contributed by atoms with Crippen LogP contribution >= 0.6 is 11.3 Å². The van der Waals surface area contributed by atoms with Crippen LogP contribution in [0.1, 0.15) is 10.6 Å². The van der Waals surface area contributed by atoms with Crippen molar-refractivity contribution in [3.05, 3.63) is 46.4 Å². The zero-order chi connectivity index (χ0) is 11.0. The average Bonchev–Trinajstić information content (AvgIpc) is 2.87. The molecule has 0 aromatic carbocycles. The Labute approximate surface area is 96.4 Å². The van der Waals surface area contributed by atoms with E-state index in [-0.39, 0.29) is 0 Å². The number of fused-ring (bicyclic) bond motifs is 1. The molecule has 0 aliphatic carbocycles. The molecule has 0 atom stereocenters. The first kappa shape index (κ1) is 9.35. The molecule has 80 valence electrons. The molecular formula is C11H10N4S. The van der Waals surface area contributed by atoms with Crippen LogP contribution in [0.3, 0.4) is 0 Å². The number of anilines is 1. The van der Waals surface area contributed by atoms with Crippen molar-refractivity contribution in [3.63, 3.8) is 0 Å². The molecule has 3 heterocycles. The number of aromatic nitrogens is 3. The third-order valence-corrected chi connectivity index (χ3v) is 3.25. The Morgan fingerprint density at radius 1 is 1.38 bits per heavy atom. The van der Waals surface area contributed by atoms with E-state index in [1.807, 2.05) is 18.2 Å². The van der Waals surface area contributed by atoms with Crippen LogP contribution in [0.5, 0.6) is 0 Å². The van der Waals surface area contributed by atoms with Crippen molar-refractivity contribution in [2.24, 2.45) is 0 Å². The molecule has 3 aromatic rings. The van der Waals surface area contributed by atoms with Crippen LogP contribution in [-0.4, -0.2) is 14.6 Å². The molecule has 3 rings (SSSR count). The Kier molecular flexibility index (Phi) is 2.11. The summed E-state index contributed by atoms with van der Waals surface area (Å²) in [6.07, 6.45) is 2.52. The fourth-order valence-corrected chi connectivity index (χ4v) is 2.39. The van der Waals surface area contributed by atoms with Crippen LogP contribution in [0.15, 0.2) is 35.8 Å². The summed E-state index contributed by atoms with van der Waals surface area (Å²) in [4.78, 5) is 5.79. The van der Waals surface area contributed by atoms with Gasteiger partial charge < -0.3 is 5.73 Å². The average molecular weight is 230 g/mol. The van der Waals surface area contributed by atoms with Crippen molar-refractivity contribution in [1.82, 2.24) is 14.6 Å². The highest BCUT2D eigenvalue weighted by Gasteiger charge is 2.04. The molecule has 0 saturated carbocycles. The summed E-state index contributed by atoms with van der Waals surface area (Å²) in [5, 5.41) is 6.15. The van der Waals surface area contributed by atoms with Crippen LogP contribution < -0.4 is 5.73 Å². The van der Waals surface area contributed by atoms with E-state index < -0.39 is 0 Å². The van der Waals surface area contributed by atoms with Gasteiger partial charge in [-0.2, -0.15) is 9.61 Å². The maximum absolute atomic E-state index is 5.89. The predicted octanol–water partition coefficient (Wildman–Crippen LogP) is 1.96. The summed E-state index contributed by atoms with van der Waals surface area (Å²) in [6.45, 7) is 0. The van der Waals surface area contributed by atoms with Gasteiger partial charge in [0.2, 0.25) is 0 Å². The number of hydrogen-bond donors (Lipinski definition) is 1. The number of nitrogens with two attached hydrogens (primary N) is 1. The topological polar surface area (TPSA) is 56.2 Å². The quantitative estimate of drug-likeness (QED) is 0.732. The highest BCUT2D eigenvalue weighted by molar-refractivity contribution is 7.09. The molecule has 16 heavy (non-hydrogen) atoms. The van der Waals surface area contributed by atoms with E-state index in [1.165, 1.54) is 4.88 Å². The third-order valence-electron chi connectivity index (χ3n) is 2.38. The molecule has 3 aromatic heterocycles. The molecule has 0 aliphatic rings. The van der Waals surface area contributed by atoms with Crippen molar-refractivity contribution in [1.29, 1.82) is 0 Å². The minimum Gasteiger partial charge on any atom is -0.384 e. The lowest BCUT2D eigenvalue weighted by Gasteiger charge is -2.02. The van der Waals surface area contributed by atoms with E-state index in [9.17, 15) is 0 Å². The Hall–Kier alpha value is -1.88. The van der Waals surface area contributed by atoms with E-state index in [2.05, 4.69) is 21.5 Å². The summed E-state index contributed by atoms with van der Waals surface area (Å²) in [6, 6.07) is 7.87. The normalized spacial score (nSPS) is 11.0. The number of thiophene rings is 1. The summed E-state index contributed by atoms with van der Waals surface area (Å²) >= 11 is 1.73. The summed E-state index contributed by atoms with van der Waals surface area (Å²) in [5.74, 6) is 0.626. The lowest BCUT2D eigenvalue weighted by molar-refractivity contribution is 0.933. The molecule has 0 bridgehead atoms. The van der Waals surface area contributed by atoms with Crippen molar-refractivity contribution in [2.75, 3.05) is 5.73 Å². The van der Waals surface area contributed by atoms with Gasteiger partial charge in [0.05, 0.1) is 11.9 Å². The molecule has 2 N–H and O–H groups in total. The molecule has 0 amide bonds. The molecule has 5 heteroatoms. The Bertz CT molecular complexity index is 612. The second-order valence-electron chi connectivity index (χ2n) is 3.53. The Morgan fingerprint density at radius 2 is 2.31 bits per heavy atom. The second kappa shape index (κ2) is 3.61. The van der Waals surface area contributed by atoms with Crippen molar-refractivity contribution in [3.8, 4) is 0 Å². The fraction of sp³-hybridized carbons (Fsp3) is 0.0909. The minimum absolute atomic E-state index is 0.626. The highest BCUT2D eigenvalue weighted by atomic mass is 32.1. The maximum atomic E-state index is 5.89. The number of hydrogen-bond acceptors (Lipinski definition) is 4. The zero-order valence-electron chi connectivity index (χ0n) is 8.50. The van der Waals surface area contributed by atoms with Gasteiger partial charge in [-0.05, 0) is 11.4 Å². The van der Waals surface area contributed by atoms with Crippen molar-refractivity contribution in [2.45, 2.75) is 6.42 Å². The van der Waals surface area contributed by atoms with Gasteiger partial charge in [0, 0.05) is 23.4 Å². The zero-order valence-corrected chi connectivity index (χ0v) is 9.31. The Morgan fingerprint density at radius 3 is 3.12 bits per heavy atom. The van der Waals surface area contributed by atoms with Crippen molar-refractivity contribution >= 4 is 22.8 Å². The lowest BCUT2D eigenvalue weighted by Crippen LogP contribution is -2.02. The minimum atomic E-state index is 0.626. The number of nitrogens with zero attached hydrogens (tertiary/aromatic N) is 3. The smallest absolute Gasteiger partial charge is 0.157 e. The molecule has 0 spiro atoms. The van der Waals surface area contributed by atoms with Crippen LogP contribution in [0.2, 0.25) is 0 Å². The van der Waals surface area contributed by atoms with E-state index >= 15 is 0 Å². The van der Waals surface area contributed by atoms with E-state index in [0.29, 0.717) is 5.82 Å². The van der Waals surface area contributed by atoms with Crippen LogP contribution in [-0.2, 0) is 6.42 Å².